The van der Waals surface area contributed by atoms with E-state index in [9.17, 15) is 18.0 Å². The van der Waals surface area contributed by atoms with Crippen molar-refractivity contribution in [2.45, 2.75) is 50.5 Å². The number of hydrogen-bond donors (Lipinski definition) is 1. The summed E-state index contributed by atoms with van der Waals surface area (Å²) in [6.07, 6.45) is 2.44. The Kier molecular flexibility index (Phi) is 8.18. The van der Waals surface area contributed by atoms with Crippen LogP contribution < -0.4 is 5.32 Å². The minimum absolute atomic E-state index is 0.105. The molecule has 0 bridgehead atoms. The summed E-state index contributed by atoms with van der Waals surface area (Å²) >= 11 is 1.15. The SMILES string of the molecule is CC(C)(C)OC(=O)N1CCN(CCNC(=O)c2sccc2S(=O)(=O)N2CCCCC2)CC1. The molecule has 2 saturated heterocycles. The Balaban J connectivity index is 1.47. The highest BCUT2D eigenvalue weighted by atomic mass is 32.2. The van der Waals surface area contributed by atoms with E-state index in [2.05, 4.69) is 10.2 Å². The van der Waals surface area contributed by atoms with Gasteiger partial charge < -0.3 is 15.0 Å². The second kappa shape index (κ2) is 10.5. The lowest BCUT2D eigenvalue weighted by Crippen LogP contribution is -2.51. The predicted molar refractivity (Wildman–Crippen MR) is 124 cm³/mol. The van der Waals surface area contributed by atoms with E-state index in [0.29, 0.717) is 52.4 Å². The third-order valence-electron chi connectivity index (χ3n) is 5.51. The minimum Gasteiger partial charge on any atom is -0.444 e. The number of piperidine rings is 1. The van der Waals surface area contributed by atoms with Gasteiger partial charge in [0.2, 0.25) is 10.0 Å². The number of nitrogens with one attached hydrogen (secondary N) is 1. The van der Waals surface area contributed by atoms with Gasteiger partial charge in [-0.05, 0) is 45.1 Å². The number of carbonyl (C=O) groups excluding carboxylic acids is 2. The van der Waals surface area contributed by atoms with Crippen LogP contribution in [0.5, 0.6) is 0 Å². The zero-order valence-corrected chi connectivity index (χ0v) is 20.8. The summed E-state index contributed by atoms with van der Waals surface area (Å²) in [7, 11) is -3.64. The maximum Gasteiger partial charge on any atom is 0.410 e. The molecule has 0 radical (unpaired) electrons. The number of carbonyl (C=O) groups is 2. The molecule has 2 aliphatic rings. The Morgan fingerprint density at radius 3 is 2.34 bits per heavy atom. The molecule has 0 spiro atoms. The molecule has 2 fully saturated rings. The Bertz CT molecular complexity index is 896. The summed E-state index contributed by atoms with van der Waals surface area (Å²) in [5, 5.41) is 4.51. The van der Waals surface area contributed by atoms with E-state index >= 15 is 0 Å². The van der Waals surface area contributed by atoms with E-state index in [1.165, 1.54) is 10.4 Å². The molecule has 0 atom stereocenters. The Morgan fingerprint density at radius 2 is 1.72 bits per heavy atom. The lowest BCUT2D eigenvalue weighted by molar-refractivity contribution is 0.0147. The van der Waals surface area contributed by atoms with Crippen LogP contribution in [0.2, 0.25) is 0 Å². The molecule has 0 aliphatic carbocycles. The molecule has 180 valence electrons. The number of ether oxygens (including phenoxy) is 1. The molecule has 1 N–H and O–H groups in total. The van der Waals surface area contributed by atoms with Gasteiger partial charge in [-0.1, -0.05) is 6.42 Å². The van der Waals surface area contributed by atoms with Crippen molar-refractivity contribution in [2.24, 2.45) is 0 Å². The molecule has 9 nitrogen and oxygen atoms in total. The van der Waals surface area contributed by atoms with E-state index < -0.39 is 15.6 Å². The van der Waals surface area contributed by atoms with Gasteiger partial charge in [-0.3, -0.25) is 9.69 Å². The molecular formula is C21H34N4O5S2. The van der Waals surface area contributed by atoms with Crippen LogP contribution in [-0.4, -0.2) is 92.5 Å². The molecule has 11 heteroatoms. The Labute approximate surface area is 194 Å². The Hall–Kier alpha value is -1.69. The average molecular weight is 487 g/mol. The van der Waals surface area contributed by atoms with Gasteiger partial charge in [-0.2, -0.15) is 4.31 Å². The molecule has 3 rings (SSSR count). The minimum atomic E-state index is -3.64. The third-order valence-corrected chi connectivity index (χ3v) is 8.49. The van der Waals surface area contributed by atoms with E-state index in [0.717, 1.165) is 30.6 Å². The zero-order chi connectivity index (χ0) is 23.4. The molecule has 2 amide bonds. The van der Waals surface area contributed by atoms with Gasteiger partial charge in [0, 0.05) is 52.4 Å². The summed E-state index contributed by atoms with van der Waals surface area (Å²) in [5.74, 6) is -0.358. The van der Waals surface area contributed by atoms with Crippen molar-refractivity contribution < 1.29 is 22.7 Å². The first-order chi connectivity index (χ1) is 15.1. The first-order valence-electron chi connectivity index (χ1n) is 11.1. The fourth-order valence-electron chi connectivity index (χ4n) is 3.80. The van der Waals surface area contributed by atoms with Crippen molar-refractivity contribution in [1.82, 2.24) is 19.4 Å². The number of thiophene rings is 1. The molecule has 1 aromatic rings. The number of rotatable bonds is 6. The van der Waals surface area contributed by atoms with Crippen LogP contribution in [0.4, 0.5) is 4.79 Å². The Morgan fingerprint density at radius 1 is 1.06 bits per heavy atom. The highest BCUT2D eigenvalue weighted by Crippen LogP contribution is 2.27. The fourth-order valence-corrected chi connectivity index (χ4v) is 6.63. The predicted octanol–water partition coefficient (Wildman–Crippen LogP) is 2.21. The van der Waals surface area contributed by atoms with Crippen LogP contribution in [-0.2, 0) is 14.8 Å². The maximum atomic E-state index is 13.0. The van der Waals surface area contributed by atoms with E-state index in [-0.39, 0.29) is 21.8 Å². The molecule has 32 heavy (non-hydrogen) atoms. The van der Waals surface area contributed by atoms with E-state index in [1.54, 1.807) is 10.3 Å². The highest BCUT2D eigenvalue weighted by Gasteiger charge is 2.31. The van der Waals surface area contributed by atoms with Crippen LogP contribution >= 0.6 is 11.3 Å². The van der Waals surface area contributed by atoms with Gasteiger partial charge in [0.25, 0.3) is 5.91 Å². The first-order valence-corrected chi connectivity index (χ1v) is 13.5. The lowest BCUT2D eigenvalue weighted by Gasteiger charge is -2.35. The van der Waals surface area contributed by atoms with Crippen LogP contribution in [0.25, 0.3) is 0 Å². The molecule has 0 saturated carbocycles. The summed E-state index contributed by atoms with van der Waals surface area (Å²) < 4.78 is 32.8. The standard InChI is InChI=1S/C21H34N4O5S2/c1-21(2,3)30-20(27)24-14-12-23(13-15-24)11-8-22-19(26)18-17(7-16-31-18)32(28,29)25-9-5-4-6-10-25/h7,16H,4-6,8-15H2,1-3H3,(H,22,26). The number of sulfonamides is 1. The summed E-state index contributed by atoms with van der Waals surface area (Å²) in [4.78, 5) is 29.1. The largest absolute Gasteiger partial charge is 0.444 e. The first kappa shape index (κ1) is 24.9. The second-order valence-corrected chi connectivity index (χ2v) is 12.0. The van der Waals surface area contributed by atoms with Crippen molar-refractivity contribution in [3.8, 4) is 0 Å². The van der Waals surface area contributed by atoms with Crippen LogP contribution in [0.15, 0.2) is 16.3 Å². The highest BCUT2D eigenvalue weighted by molar-refractivity contribution is 7.89. The average Bonchev–Trinajstić information content (AvgIpc) is 3.24. The summed E-state index contributed by atoms with van der Waals surface area (Å²) in [5.41, 5.74) is -0.513. The third kappa shape index (κ3) is 6.43. The van der Waals surface area contributed by atoms with Gasteiger partial charge in [-0.25, -0.2) is 13.2 Å². The molecule has 2 aliphatic heterocycles. The van der Waals surface area contributed by atoms with E-state index in [4.69, 9.17) is 4.74 Å². The molecule has 0 unspecified atom stereocenters. The van der Waals surface area contributed by atoms with Gasteiger partial charge in [-0.15, -0.1) is 11.3 Å². The molecule has 0 aromatic carbocycles. The van der Waals surface area contributed by atoms with Gasteiger partial charge in [0.05, 0.1) is 0 Å². The number of piperazine rings is 1. The molecular weight excluding hydrogens is 452 g/mol. The normalized spacial score (nSPS) is 19.0. The number of amides is 2. The van der Waals surface area contributed by atoms with Crippen LogP contribution in [0.3, 0.4) is 0 Å². The van der Waals surface area contributed by atoms with Gasteiger partial charge in [0.1, 0.15) is 15.4 Å². The van der Waals surface area contributed by atoms with Crippen molar-refractivity contribution in [2.75, 3.05) is 52.4 Å². The fraction of sp³-hybridized carbons (Fsp3) is 0.714. The van der Waals surface area contributed by atoms with Crippen molar-refractivity contribution in [3.63, 3.8) is 0 Å². The summed E-state index contributed by atoms with van der Waals surface area (Å²) in [6.45, 7) is 10.1. The maximum absolute atomic E-state index is 13.0. The zero-order valence-electron chi connectivity index (χ0n) is 19.1. The smallest absolute Gasteiger partial charge is 0.410 e. The van der Waals surface area contributed by atoms with Gasteiger partial charge in [0.15, 0.2) is 0 Å². The van der Waals surface area contributed by atoms with Crippen molar-refractivity contribution in [1.29, 1.82) is 0 Å². The second-order valence-electron chi connectivity index (χ2n) is 9.14. The molecule has 3 heterocycles. The van der Waals surface area contributed by atoms with Crippen molar-refractivity contribution in [3.05, 3.63) is 16.3 Å². The van der Waals surface area contributed by atoms with Crippen LogP contribution in [0, 0.1) is 0 Å². The molecule has 1 aromatic heterocycles. The quantitative estimate of drug-likeness (QED) is 0.662. The van der Waals surface area contributed by atoms with E-state index in [1.807, 2.05) is 20.8 Å². The monoisotopic (exact) mass is 486 g/mol. The summed E-state index contributed by atoms with van der Waals surface area (Å²) in [6, 6.07) is 1.53. The van der Waals surface area contributed by atoms with Crippen molar-refractivity contribution >= 4 is 33.4 Å². The van der Waals surface area contributed by atoms with Gasteiger partial charge >= 0.3 is 6.09 Å². The number of hydrogen-bond acceptors (Lipinski definition) is 7. The van der Waals surface area contributed by atoms with Crippen LogP contribution in [0.1, 0.15) is 49.7 Å². The topological polar surface area (TPSA) is 99.3 Å². The lowest BCUT2D eigenvalue weighted by atomic mass is 10.2. The number of nitrogens with zero attached hydrogens (tertiary/aromatic N) is 3.